The maximum atomic E-state index is 14.7. The van der Waals surface area contributed by atoms with Gasteiger partial charge < -0.3 is 53.4 Å². The minimum absolute atomic E-state index is 0.000527. The van der Waals surface area contributed by atoms with E-state index in [4.69, 9.17) is 33.2 Å². The third kappa shape index (κ3) is 14.1. The van der Waals surface area contributed by atoms with Crippen molar-refractivity contribution in [1.82, 2.24) is 4.90 Å². The second kappa shape index (κ2) is 27.4. The monoisotopic (exact) mass is 1160 g/mol. The third-order valence-electron chi connectivity index (χ3n) is 21.4. The van der Waals surface area contributed by atoms with Gasteiger partial charge in [0.05, 0.1) is 50.2 Å². The number of rotatable bonds is 8. The number of hydrogen-bond donors (Lipinski definition) is 3. The second-order valence-corrected chi connectivity index (χ2v) is 27.5. The van der Waals surface area contributed by atoms with Crippen molar-refractivity contribution in [2.75, 3.05) is 40.6 Å². The van der Waals surface area contributed by atoms with E-state index in [0.29, 0.717) is 75.7 Å². The van der Waals surface area contributed by atoms with Crippen molar-refractivity contribution in [2.24, 2.45) is 63.6 Å². The number of allylic oxidation sites excluding steroid dienone is 6. The lowest BCUT2D eigenvalue weighted by Gasteiger charge is -2.52. The molecule has 3 saturated heterocycles. The van der Waals surface area contributed by atoms with Crippen molar-refractivity contribution in [3.8, 4) is 0 Å². The Morgan fingerprint density at radius 3 is 2.19 bits per heavy atom. The predicted octanol–water partition coefficient (Wildman–Crippen LogP) is 8.92. The summed E-state index contributed by atoms with van der Waals surface area (Å²) in [6, 6.07) is -1.19. The fourth-order valence-corrected chi connectivity index (χ4v) is 15.0. The summed E-state index contributed by atoms with van der Waals surface area (Å²) in [6.45, 7) is 21.1. The fraction of sp³-hybridized carbons (Fsp3) is 0.788. The van der Waals surface area contributed by atoms with Crippen LogP contribution in [0.1, 0.15) is 172 Å². The van der Waals surface area contributed by atoms with Crippen molar-refractivity contribution < 1.29 is 77.2 Å². The van der Waals surface area contributed by atoms with Crippen LogP contribution < -0.4 is 0 Å². The summed E-state index contributed by atoms with van der Waals surface area (Å²) in [4.78, 5) is 87.2. The highest BCUT2D eigenvalue weighted by Gasteiger charge is 2.72. The molecule has 0 aromatic carbocycles. The number of cyclic esters (lactones) is 1. The van der Waals surface area contributed by atoms with Crippen LogP contribution in [0.4, 0.5) is 0 Å². The Bertz CT molecular complexity index is 2450. The molecule has 17 nitrogen and oxygen atoms in total. The number of aliphatic hydroxyl groups is 3. The lowest BCUT2D eigenvalue weighted by atomic mass is 9.68. The molecule has 0 aromatic heterocycles. The number of methoxy groups -OCH3 is 2. The van der Waals surface area contributed by atoms with Crippen LogP contribution in [0.25, 0.3) is 0 Å². The number of Topliss-reactive ketones (excluding diaryl/α,β-unsaturated/α-hetero) is 3. The summed E-state index contributed by atoms with van der Waals surface area (Å²) in [5.74, 6) is -10.3. The maximum Gasteiger partial charge on any atom is 0.329 e. The Morgan fingerprint density at radius 1 is 0.843 bits per heavy atom. The number of amides is 1. The van der Waals surface area contributed by atoms with E-state index in [2.05, 4.69) is 20.8 Å². The molecule has 83 heavy (non-hydrogen) atoms. The topological polar surface area (TPSA) is 231 Å². The number of carbonyl (C=O) groups is 6. The van der Waals surface area contributed by atoms with E-state index in [9.17, 15) is 44.1 Å². The van der Waals surface area contributed by atoms with Gasteiger partial charge in [-0.25, -0.2) is 4.79 Å². The van der Waals surface area contributed by atoms with Gasteiger partial charge in [0.25, 0.3) is 11.7 Å². The molecule has 7 rings (SSSR count). The number of ketones is 3. The summed E-state index contributed by atoms with van der Waals surface area (Å²) < 4.78 is 44.0. The first-order valence-electron chi connectivity index (χ1n) is 31.1. The quantitative estimate of drug-likeness (QED) is 0.117. The number of piperidine rings is 1. The van der Waals surface area contributed by atoms with Crippen molar-refractivity contribution in [1.29, 1.82) is 0 Å². The first kappa shape index (κ1) is 66.6. The van der Waals surface area contributed by atoms with E-state index in [1.54, 1.807) is 48.0 Å². The Morgan fingerprint density at radius 2 is 1.55 bits per heavy atom. The minimum Gasteiger partial charge on any atom is -0.460 e. The molecule has 4 heterocycles. The molecule has 2 unspecified atom stereocenters. The zero-order valence-corrected chi connectivity index (χ0v) is 52.2. The molecule has 4 aliphatic heterocycles. The molecular formula is C66H101NO16. The number of hydrogen-bond acceptors (Lipinski definition) is 16. The van der Waals surface area contributed by atoms with Gasteiger partial charge in [0.15, 0.2) is 5.79 Å². The average Bonchev–Trinajstić information content (AvgIpc) is 1.65. The van der Waals surface area contributed by atoms with Gasteiger partial charge in [-0.15, -0.1) is 0 Å². The van der Waals surface area contributed by atoms with Crippen molar-refractivity contribution in [2.45, 2.75) is 227 Å². The number of carbonyl (C=O) groups excluding carboxylic acids is 6. The number of fused-ring (bicyclic) bond motifs is 6. The number of esters is 2. The molecule has 1 spiro atoms. The Balaban J connectivity index is 1.10. The first-order chi connectivity index (χ1) is 39.1. The Labute approximate surface area is 494 Å². The van der Waals surface area contributed by atoms with Crippen LogP contribution in [0.2, 0.25) is 0 Å². The van der Waals surface area contributed by atoms with Crippen molar-refractivity contribution >= 4 is 35.2 Å². The molecular weight excluding hydrogens is 1060 g/mol. The molecule has 1 amide bonds. The van der Waals surface area contributed by atoms with Gasteiger partial charge in [0.2, 0.25) is 5.79 Å². The van der Waals surface area contributed by atoms with Crippen LogP contribution in [0, 0.1) is 63.6 Å². The van der Waals surface area contributed by atoms with E-state index in [0.717, 1.165) is 24.8 Å². The van der Waals surface area contributed by atoms with E-state index < -0.39 is 119 Å². The van der Waals surface area contributed by atoms with Crippen LogP contribution in [0.5, 0.6) is 0 Å². The first-order valence-corrected chi connectivity index (χ1v) is 31.1. The smallest absolute Gasteiger partial charge is 0.329 e. The van der Waals surface area contributed by atoms with Crippen molar-refractivity contribution in [3.05, 3.63) is 47.6 Å². The van der Waals surface area contributed by atoms with Gasteiger partial charge in [-0.3, -0.25) is 24.0 Å². The molecule has 466 valence electrons. The molecule has 4 bridgehead atoms. The zero-order valence-electron chi connectivity index (χ0n) is 52.2. The normalized spacial score (nSPS) is 42.5. The molecule has 17 atom stereocenters. The fourth-order valence-electron chi connectivity index (χ4n) is 15.0. The predicted molar refractivity (Wildman–Crippen MR) is 311 cm³/mol. The van der Waals surface area contributed by atoms with Crippen LogP contribution >= 0.6 is 0 Å². The third-order valence-corrected chi connectivity index (χ3v) is 21.4. The SMILES string of the molecule is CO[C@H]1C[C@@H]2CC[C@@H](C)[C@@](O)(O2)C(=O)C(=O)N2CCCC[C@H]2C(=O)O[C@H]([C@H](C)C[C@@H]2CC[C@@H](OC(=O)C3(C)COC4(CC5CCC4(C)C5(C)C)OC3)[C@H](OC)C2)CC(=O)[C@H](C)/C=C(\C)[C@@H](O)[C@@H](CO)C(=O)[C@H](C)C[C@H](C)/C=C/C=CC=C1C. The molecule has 3 saturated carbocycles. The highest BCUT2D eigenvalue weighted by molar-refractivity contribution is 6.39. The largest absolute Gasteiger partial charge is 0.460 e. The Hall–Kier alpha value is -3.94. The van der Waals surface area contributed by atoms with Crippen LogP contribution in [-0.2, 0) is 61.9 Å². The standard InChI is InChI=1S/C66H101NO16/c1-39-19-15-14-16-20-40(2)53(77-12)33-48-24-22-45(7)66(76,83-48)58(72)59(73)67-28-18-17-21-50(67)60(74)81-54(34-51(69)41(3)30-44(6)57(71)49(36-68)56(70)43(5)29-39)42(4)31-46-23-25-52(55(32-46)78-13)82-61(75)63(10)37-79-65(80-38-63)35-47-26-27-64(65,11)62(47,8)9/h14-16,19-20,30,39,41-43,45-50,52-55,57,68,71,76H,17-18,21-29,31-38H2,1-13H3/b16-14?,19-15+,40-20?,44-30+/t39-,41-,42-,43-,45-,46+,47?,48+,49+,50+,52-,53+,54+,55-,57-,63?,64?,65?,66-/m1/s1. The Kier molecular flexibility index (Phi) is 22.0. The lowest BCUT2D eigenvalue weighted by molar-refractivity contribution is -0.346. The van der Waals surface area contributed by atoms with Crippen LogP contribution in [0.3, 0.4) is 0 Å². The minimum atomic E-state index is -2.47. The summed E-state index contributed by atoms with van der Waals surface area (Å²) in [5, 5.41) is 34.2. The van der Waals surface area contributed by atoms with Gasteiger partial charge in [-0.1, -0.05) is 91.8 Å². The van der Waals surface area contributed by atoms with Gasteiger partial charge in [-0.2, -0.15) is 0 Å². The summed E-state index contributed by atoms with van der Waals surface area (Å²) in [5.41, 5.74) is 0.0704. The molecule has 17 heteroatoms. The lowest BCUT2D eigenvalue weighted by Crippen LogP contribution is -2.61. The molecule has 0 aromatic rings. The van der Waals surface area contributed by atoms with E-state index in [1.165, 1.54) is 4.90 Å². The average molecular weight is 1160 g/mol. The van der Waals surface area contributed by atoms with Crippen LogP contribution in [0.15, 0.2) is 47.6 Å². The van der Waals surface area contributed by atoms with E-state index >= 15 is 0 Å². The summed E-state index contributed by atoms with van der Waals surface area (Å²) in [6.07, 6.45) is 14.4. The van der Waals surface area contributed by atoms with E-state index in [1.807, 2.05) is 58.1 Å². The van der Waals surface area contributed by atoms with Gasteiger partial charge in [0.1, 0.15) is 35.2 Å². The second-order valence-electron chi connectivity index (χ2n) is 27.5. The molecule has 0 radical (unpaired) electrons. The number of aliphatic hydroxyl groups excluding tert-OH is 2. The van der Waals surface area contributed by atoms with Crippen molar-refractivity contribution in [3.63, 3.8) is 0 Å². The summed E-state index contributed by atoms with van der Waals surface area (Å²) in [7, 11) is 3.17. The number of ether oxygens (including phenoxy) is 7. The molecule has 3 N–H and O–H groups in total. The molecule has 3 aliphatic carbocycles. The van der Waals surface area contributed by atoms with Gasteiger partial charge in [0, 0.05) is 63.2 Å². The maximum absolute atomic E-state index is 14.7. The number of nitrogens with zero attached hydrogens (tertiary/aromatic N) is 1. The van der Waals surface area contributed by atoms with E-state index in [-0.39, 0.29) is 66.8 Å². The van der Waals surface area contributed by atoms with Gasteiger partial charge in [-0.05, 0) is 138 Å². The zero-order chi connectivity index (χ0) is 61.0. The summed E-state index contributed by atoms with van der Waals surface area (Å²) >= 11 is 0. The van der Waals surface area contributed by atoms with Gasteiger partial charge >= 0.3 is 11.9 Å². The molecule has 7 aliphatic rings. The highest BCUT2D eigenvalue weighted by atomic mass is 16.7. The highest BCUT2D eigenvalue weighted by Crippen LogP contribution is 2.72. The van der Waals surface area contributed by atoms with Crippen LogP contribution in [-0.4, -0.2) is 150 Å². The molecule has 6 fully saturated rings.